The largest absolute Gasteiger partial charge is 0.351 e. The molecule has 1 aliphatic rings. The Balaban J connectivity index is 1.57. The van der Waals surface area contributed by atoms with E-state index >= 15 is 4.39 Å². The number of halogens is 1. The molecule has 6 rings (SSSR count). The Morgan fingerprint density at radius 1 is 0.861 bits per heavy atom. The van der Waals surface area contributed by atoms with E-state index in [1.807, 2.05) is 29.2 Å². The molecule has 2 unspecified atom stereocenters. The van der Waals surface area contributed by atoms with Gasteiger partial charge in [-0.1, -0.05) is 54.6 Å². The first kappa shape index (κ1) is 22.4. The summed E-state index contributed by atoms with van der Waals surface area (Å²) >= 11 is 5.79. The number of anilines is 1. The second kappa shape index (κ2) is 8.88. The molecule has 36 heavy (non-hydrogen) atoms. The molecule has 0 radical (unpaired) electrons. The fraction of sp³-hybridized carbons (Fsp3) is 0.133. The second-order valence-corrected chi connectivity index (χ2v) is 9.49. The summed E-state index contributed by atoms with van der Waals surface area (Å²) in [6, 6.07) is 29.1. The summed E-state index contributed by atoms with van der Waals surface area (Å²) < 4.78 is 17.4. The first-order chi connectivity index (χ1) is 17.5. The molecule has 5 aromatic rings. The van der Waals surface area contributed by atoms with E-state index in [4.69, 9.17) is 12.2 Å². The summed E-state index contributed by atoms with van der Waals surface area (Å²) in [5, 5.41) is 6.29. The molecular weight excluding hydrogens is 467 g/mol. The van der Waals surface area contributed by atoms with Gasteiger partial charge in [-0.3, -0.25) is 4.98 Å². The summed E-state index contributed by atoms with van der Waals surface area (Å²) in [5.41, 5.74) is 5.70. The minimum Gasteiger partial charge on any atom is -0.351 e. The monoisotopic (exact) mass is 492 g/mol. The molecule has 178 valence electrons. The second-order valence-electron chi connectivity index (χ2n) is 9.11. The van der Waals surface area contributed by atoms with Gasteiger partial charge in [0.25, 0.3) is 0 Å². The number of thiocarbonyl (C=S) groups is 1. The van der Waals surface area contributed by atoms with Gasteiger partial charge in [0.2, 0.25) is 0 Å². The van der Waals surface area contributed by atoms with Crippen LogP contribution in [0.1, 0.15) is 34.7 Å². The number of nitrogens with zero attached hydrogens (tertiary/aromatic N) is 3. The third kappa shape index (κ3) is 3.57. The predicted octanol–water partition coefficient (Wildman–Crippen LogP) is 6.96. The summed E-state index contributed by atoms with van der Waals surface area (Å²) in [6.07, 6.45) is 1.78. The Labute approximate surface area is 215 Å². The quantitative estimate of drug-likeness (QED) is 0.275. The van der Waals surface area contributed by atoms with Gasteiger partial charge in [-0.05, 0) is 73.4 Å². The van der Waals surface area contributed by atoms with Crippen molar-refractivity contribution in [3.8, 4) is 5.69 Å². The molecule has 3 aromatic carbocycles. The summed E-state index contributed by atoms with van der Waals surface area (Å²) in [7, 11) is 0. The van der Waals surface area contributed by atoms with Gasteiger partial charge in [-0.25, -0.2) is 4.39 Å². The minimum atomic E-state index is -0.309. The molecule has 0 aliphatic carbocycles. The average Bonchev–Trinajstić information content (AvgIpc) is 3.39. The lowest BCUT2D eigenvalue weighted by Crippen LogP contribution is -2.30. The van der Waals surface area contributed by atoms with Crippen molar-refractivity contribution in [3.05, 3.63) is 126 Å². The normalized spacial score (nSPS) is 17.5. The molecule has 3 heterocycles. The highest BCUT2D eigenvalue weighted by molar-refractivity contribution is 7.80. The van der Waals surface area contributed by atoms with E-state index in [-0.39, 0.29) is 17.9 Å². The van der Waals surface area contributed by atoms with Gasteiger partial charge >= 0.3 is 0 Å². The highest BCUT2D eigenvalue weighted by Gasteiger charge is 2.43. The van der Waals surface area contributed by atoms with Crippen molar-refractivity contribution in [2.75, 3.05) is 4.90 Å². The number of benzene rings is 3. The summed E-state index contributed by atoms with van der Waals surface area (Å²) in [6.45, 7) is 4.24. The van der Waals surface area contributed by atoms with Crippen LogP contribution in [0.15, 0.2) is 97.2 Å². The number of hydrogen-bond donors (Lipinski definition) is 1. The molecule has 1 N–H and O–H groups in total. The number of aromatic nitrogens is 2. The van der Waals surface area contributed by atoms with Gasteiger partial charge in [0, 0.05) is 23.0 Å². The molecule has 1 aliphatic heterocycles. The zero-order valence-electron chi connectivity index (χ0n) is 20.0. The Morgan fingerprint density at radius 3 is 2.39 bits per heavy atom. The number of nitrogens with one attached hydrogen (secondary N) is 1. The van der Waals surface area contributed by atoms with Crippen LogP contribution in [0.25, 0.3) is 16.5 Å². The summed E-state index contributed by atoms with van der Waals surface area (Å²) in [5.74, 6) is -0.309. The lowest BCUT2D eigenvalue weighted by molar-refractivity contribution is 0.556. The lowest BCUT2D eigenvalue weighted by atomic mass is 9.96. The molecule has 6 heteroatoms. The Hall–Kier alpha value is -4.03. The molecule has 0 bridgehead atoms. The van der Waals surface area contributed by atoms with Crippen LogP contribution in [0.3, 0.4) is 0 Å². The van der Waals surface area contributed by atoms with Crippen LogP contribution < -0.4 is 10.2 Å². The van der Waals surface area contributed by atoms with Gasteiger partial charge in [0.05, 0.1) is 29.2 Å². The molecule has 4 nitrogen and oxygen atoms in total. The maximum atomic E-state index is 15.1. The molecule has 1 saturated heterocycles. The smallest absolute Gasteiger partial charge is 0.174 e. The number of fused-ring (bicyclic) bond motifs is 1. The van der Waals surface area contributed by atoms with E-state index < -0.39 is 0 Å². The molecule has 0 spiro atoms. The van der Waals surface area contributed by atoms with Crippen LogP contribution in [0.2, 0.25) is 0 Å². The SMILES string of the molecule is Cc1cc(C2C(c3ccccn3)NC(=S)N2c2ccccc2F)c(C)n1-c1cccc2ccccc12. The molecule has 2 aromatic heterocycles. The Kier molecular flexibility index (Phi) is 5.53. The third-order valence-corrected chi connectivity index (χ3v) is 7.32. The molecule has 0 saturated carbocycles. The highest BCUT2D eigenvalue weighted by Crippen LogP contribution is 2.44. The Bertz CT molecular complexity index is 1590. The van der Waals surface area contributed by atoms with Crippen molar-refractivity contribution in [1.29, 1.82) is 0 Å². The minimum absolute atomic E-state index is 0.236. The number of aryl methyl sites for hydroxylation is 1. The molecule has 1 fully saturated rings. The summed E-state index contributed by atoms with van der Waals surface area (Å²) in [4.78, 5) is 6.53. The van der Waals surface area contributed by atoms with Gasteiger partial charge < -0.3 is 14.8 Å². The van der Waals surface area contributed by atoms with Crippen LogP contribution in [-0.2, 0) is 0 Å². The van der Waals surface area contributed by atoms with Crippen LogP contribution in [0.5, 0.6) is 0 Å². The van der Waals surface area contributed by atoms with Crippen molar-refractivity contribution in [2.24, 2.45) is 0 Å². The van der Waals surface area contributed by atoms with Crippen LogP contribution in [0, 0.1) is 19.7 Å². The van der Waals surface area contributed by atoms with Crippen LogP contribution in [0.4, 0.5) is 10.1 Å². The molecule has 0 amide bonds. The third-order valence-electron chi connectivity index (χ3n) is 7.01. The average molecular weight is 493 g/mol. The van der Waals surface area contributed by atoms with Gasteiger partial charge in [-0.15, -0.1) is 0 Å². The standard InChI is InChI=1S/C30H25FN4S/c1-19-18-23(20(2)34(19)26-16-9-11-21-10-3-4-12-22(21)26)29-28(25-14-7-8-17-32-25)33-30(36)35(29)27-15-6-5-13-24(27)31/h3-18,28-29H,1-2H3,(H,33,36). The van der Waals surface area contributed by atoms with Gasteiger partial charge in [0.1, 0.15) is 5.82 Å². The van der Waals surface area contributed by atoms with E-state index in [0.717, 1.165) is 28.3 Å². The van der Waals surface area contributed by atoms with Gasteiger partial charge in [0.15, 0.2) is 5.11 Å². The van der Waals surface area contributed by atoms with Gasteiger partial charge in [-0.2, -0.15) is 0 Å². The molecular formula is C30H25FN4S. The first-order valence-electron chi connectivity index (χ1n) is 12.0. The number of para-hydroxylation sites is 1. The van der Waals surface area contributed by atoms with Crippen molar-refractivity contribution in [2.45, 2.75) is 25.9 Å². The van der Waals surface area contributed by atoms with E-state index in [9.17, 15) is 0 Å². The predicted molar refractivity (Wildman–Crippen MR) is 147 cm³/mol. The number of hydrogen-bond acceptors (Lipinski definition) is 2. The van der Waals surface area contributed by atoms with Crippen molar-refractivity contribution in [3.63, 3.8) is 0 Å². The fourth-order valence-electron chi connectivity index (χ4n) is 5.44. The topological polar surface area (TPSA) is 33.1 Å². The van der Waals surface area contributed by atoms with E-state index in [1.54, 1.807) is 18.3 Å². The fourth-order valence-corrected chi connectivity index (χ4v) is 5.78. The van der Waals surface area contributed by atoms with E-state index in [1.165, 1.54) is 16.8 Å². The van der Waals surface area contributed by atoms with E-state index in [0.29, 0.717) is 10.8 Å². The maximum Gasteiger partial charge on any atom is 0.174 e. The van der Waals surface area contributed by atoms with Crippen LogP contribution >= 0.6 is 12.2 Å². The lowest BCUT2D eigenvalue weighted by Gasteiger charge is -2.28. The van der Waals surface area contributed by atoms with Crippen molar-refractivity contribution >= 4 is 33.8 Å². The van der Waals surface area contributed by atoms with Crippen LogP contribution in [-0.4, -0.2) is 14.7 Å². The maximum absolute atomic E-state index is 15.1. The van der Waals surface area contributed by atoms with E-state index in [2.05, 4.69) is 77.2 Å². The highest BCUT2D eigenvalue weighted by atomic mass is 32.1. The number of pyridine rings is 1. The Morgan fingerprint density at radius 2 is 1.58 bits per heavy atom. The zero-order valence-corrected chi connectivity index (χ0v) is 20.8. The first-order valence-corrected chi connectivity index (χ1v) is 12.4. The number of rotatable bonds is 4. The zero-order chi connectivity index (χ0) is 24.8. The van der Waals surface area contributed by atoms with Crippen molar-refractivity contribution in [1.82, 2.24) is 14.9 Å². The molecule has 2 atom stereocenters. The van der Waals surface area contributed by atoms with Crippen molar-refractivity contribution < 1.29 is 4.39 Å².